The molecule has 1 amide bonds. The molecule has 0 radical (unpaired) electrons. The molecule has 2 fully saturated rings. The normalized spacial score (nSPS) is 22.9. The molecule has 0 spiro atoms. The number of rotatable bonds is 4. The summed E-state index contributed by atoms with van der Waals surface area (Å²) in [5.74, 6) is 0.0764. The minimum Gasteiger partial charge on any atom is -0.448 e. The van der Waals surface area contributed by atoms with Crippen LogP contribution in [0.3, 0.4) is 0 Å². The van der Waals surface area contributed by atoms with Gasteiger partial charge in [0.15, 0.2) is 0 Å². The number of amides is 1. The molecule has 2 unspecified atom stereocenters. The van der Waals surface area contributed by atoms with Gasteiger partial charge in [0.1, 0.15) is 6.61 Å². The lowest BCUT2D eigenvalue weighted by molar-refractivity contribution is 0.0866. The Labute approximate surface area is 211 Å². The minimum absolute atomic E-state index is 0.0731. The van der Waals surface area contributed by atoms with Crippen molar-refractivity contribution in [3.8, 4) is 17.2 Å². The van der Waals surface area contributed by atoms with Crippen LogP contribution >= 0.6 is 0 Å². The fourth-order valence-electron chi connectivity index (χ4n) is 6.60. The summed E-state index contributed by atoms with van der Waals surface area (Å²) < 4.78 is 6.01. The number of hydrogen-bond acceptors (Lipinski definition) is 3. The minimum atomic E-state index is -0.280. The number of benzene rings is 3. The van der Waals surface area contributed by atoms with Crippen molar-refractivity contribution in [1.82, 2.24) is 4.90 Å². The fraction of sp³-hybridized carbons (Fsp3) is 0.312. The van der Waals surface area contributed by atoms with Gasteiger partial charge in [-0.05, 0) is 77.1 Å². The first kappa shape index (κ1) is 21.4. The molecule has 2 atom stereocenters. The third kappa shape index (κ3) is 3.30. The van der Waals surface area contributed by atoms with Gasteiger partial charge in [-0.1, -0.05) is 72.8 Å². The first-order valence-electron chi connectivity index (χ1n) is 13.0. The smallest absolute Gasteiger partial charge is 0.410 e. The van der Waals surface area contributed by atoms with Crippen LogP contribution in [0.4, 0.5) is 4.79 Å². The predicted octanol–water partition coefficient (Wildman–Crippen LogP) is 6.81. The zero-order valence-corrected chi connectivity index (χ0v) is 20.2. The van der Waals surface area contributed by atoms with Gasteiger partial charge in [0, 0.05) is 12.0 Å². The van der Waals surface area contributed by atoms with E-state index in [0.29, 0.717) is 6.61 Å². The van der Waals surface area contributed by atoms with Crippen LogP contribution < -0.4 is 0 Å². The van der Waals surface area contributed by atoms with E-state index in [4.69, 9.17) is 4.74 Å². The quantitative estimate of drug-likeness (QED) is 0.419. The number of nitriles is 1. The zero-order valence-electron chi connectivity index (χ0n) is 20.2. The molecule has 2 heterocycles. The van der Waals surface area contributed by atoms with Crippen LogP contribution in [0.15, 0.2) is 78.9 Å². The first-order chi connectivity index (χ1) is 17.7. The van der Waals surface area contributed by atoms with Crippen molar-refractivity contribution < 1.29 is 9.53 Å². The lowest BCUT2D eigenvalue weighted by Gasteiger charge is -2.33. The maximum absolute atomic E-state index is 13.4. The second-order valence-electron chi connectivity index (χ2n) is 10.7. The summed E-state index contributed by atoms with van der Waals surface area (Å²) in [6, 6.07) is 28.1. The largest absolute Gasteiger partial charge is 0.448 e. The lowest BCUT2D eigenvalue weighted by atomic mass is 9.90. The van der Waals surface area contributed by atoms with Crippen molar-refractivity contribution >= 4 is 11.7 Å². The van der Waals surface area contributed by atoms with E-state index in [-0.39, 0.29) is 29.5 Å². The maximum atomic E-state index is 13.4. The maximum Gasteiger partial charge on any atom is 0.410 e. The Kier molecular flexibility index (Phi) is 4.82. The molecular formula is C32H28N2O2. The first-order valence-corrected chi connectivity index (χ1v) is 13.0. The van der Waals surface area contributed by atoms with Crippen LogP contribution in [0.5, 0.6) is 0 Å². The van der Waals surface area contributed by atoms with E-state index in [2.05, 4.69) is 84.9 Å². The van der Waals surface area contributed by atoms with Gasteiger partial charge in [-0.2, -0.15) is 5.26 Å². The Balaban J connectivity index is 1.09. The van der Waals surface area contributed by atoms with Crippen molar-refractivity contribution in [3.63, 3.8) is 0 Å². The lowest BCUT2D eigenvalue weighted by Crippen LogP contribution is -2.43. The monoisotopic (exact) mass is 472 g/mol. The van der Waals surface area contributed by atoms with Gasteiger partial charge in [-0.25, -0.2) is 4.79 Å². The molecule has 4 aliphatic rings. The molecular weight excluding hydrogens is 444 g/mol. The number of nitrogens with zero attached hydrogens (tertiary/aromatic N) is 2. The molecule has 3 aromatic carbocycles. The third-order valence-electron chi connectivity index (χ3n) is 8.69. The Hall–Kier alpha value is -3.84. The Morgan fingerprint density at radius 2 is 1.69 bits per heavy atom. The third-order valence-corrected chi connectivity index (χ3v) is 8.69. The number of carbonyl (C=O) groups excluding carboxylic acids is 1. The molecule has 3 aromatic rings. The standard InChI is InChI=1S/C32H28N2O2/c33-20-32(14-15-32)23-7-5-6-21(16-23)22-17-24-12-13-25(18-22)34(24)31(35)36-19-30-28-10-3-1-8-26(28)27-9-2-4-11-29(27)30/h1-11,16-17,24-25,30H,12-15,18-19H2. The summed E-state index contributed by atoms with van der Waals surface area (Å²) in [4.78, 5) is 15.3. The van der Waals surface area contributed by atoms with Gasteiger partial charge in [0.05, 0.1) is 17.5 Å². The summed E-state index contributed by atoms with van der Waals surface area (Å²) >= 11 is 0. The summed E-state index contributed by atoms with van der Waals surface area (Å²) in [5.41, 5.74) is 8.30. The molecule has 178 valence electrons. The van der Waals surface area contributed by atoms with Gasteiger partial charge >= 0.3 is 6.09 Å². The highest BCUT2D eigenvalue weighted by atomic mass is 16.6. The zero-order chi connectivity index (χ0) is 24.3. The van der Waals surface area contributed by atoms with Crippen molar-refractivity contribution in [2.75, 3.05) is 6.61 Å². The number of hydrogen-bond donors (Lipinski definition) is 0. The van der Waals surface area contributed by atoms with E-state index in [0.717, 1.165) is 37.7 Å². The van der Waals surface area contributed by atoms with E-state index >= 15 is 0 Å². The van der Waals surface area contributed by atoms with E-state index in [1.807, 2.05) is 4.90 Å². The molecule has 1 saturated heterocycles. The molecule has 7 rings (SSSR count). The second kappa shape index (κ2) is 8.10. The van der Waals surface area contributed by atoms with Gasteiger partial charge in [-0.3, -0.25) is 4.90 Å². The van der Waals surface area contributed by atoms with E-state index in [1.165, 1.54) is 33.4 Å². The average molecular weight is 473 g/mol. The van der Waals surface area contributed by atoms with Crippen LogP contribution in [-0.4, -0.2) is 29.7 Å². The summed E-state index contributed by atoms with van der Waals surface area (Å²) in [7, 11) is 0. The molecule has 0 aromatic heterocycles. The highest BCUT2D eigenvalue weighted by molar-refractivity contribution is 5.79. The Morgan fingerprint density at radius 1 is 0.972 bits per heavy atom. The number of ether oxygens (including phenoxy) is 1. The van der Waals surface area contributed by atoms with E-state index < -0.39 is 0 Å². The fourth-order valence-corrected chi connectivity index (χ4v) is 6.60. The van der Waals surface area contributed by atoms with Gasteiger partial charge in [0.25, 0.3) is 0 Å². The SMILES string of the molecule is N#CC1(c2cccc(C3=CC4CCC(C3)N4C(=O)OCC3c4ccccc4-c4ccccc43)c2)CC1. The van der Waals surface area contributed by atoms with E-state index in [1.54, 1.807) is 0 Å². The summed E-state index contributed by atoms with van der Waals surface area (Å²) in [5, 5.41) is 9.62. The topological polar surface area (TPSA) is 53.3 Å². The van der Waals surface area contributed by atoms with Crippen LogP contribution in [0.2, 0.25) is 0 Å². The predicted molar refractivity (Wildman–Crippen MR) is 139 cm³/mol. The number of carbonyl (C=O) groups is 1. The molecule has 4 nitrogen and oxygen atoms in total. The summed E-state index contributed by atoms with van der Waals surface area (Å²) in [6.45, 7) is 0.359. The Morgan fingerprint density at radius 3 is 2.36 bits per heavy atom. The van der Waals surface area contributed by atoms with Crippen LogP contribution in [0.1, 0.15) is 60.3 Å². The van der Waals surface area contributed by atoms with Gasteiger partial charge in [0.2, 0.25) is 0 Å². The summed E-state index contributed by atoms with van der Waals surface area (Å²) in [6.07, 6.45) is 6.77. The molecule has 4 heteroatoms. The van der Waals surface area contributed by atoms with Gasteiger partial charge in [-0.15, -0.1) is 0 Å². The van der Waals surface area contributed by atoms with Crippen molar-refractivity contribution in [1.29, 1.82) is 5.26 Å². The number of fused-ring (bicyclic) bond motifs is 5. The van der Waals surface area contributed by atoms with Crippen molar-refractivity contribution in [2.45, 2.75) is 55.5 Å². The molecule has 1 saturated carbocycles. The van der Waals surface area contributed by atoms with Gasteiger partial charge < -0.3 is 4.74 Å². The van der Waals surface area contributed by atoms with Crippen molar-refractivity contribution in [3.05, 3.63) is 101 Å². The highest BCUT2D eigenvalue weighted by Crippen LogP contribution is 2.49. The van der Waals surface area contributed by atoms with Crippen LogP contribution in [0, 0.1) is 11.3 Å². The average Bonchev–Trinajstić information content (AvgIpc) is 3.61. The highest BCUT2D eigenvalue weighted by Gasteiger charge is 2.45. The molecule has 0 N–H and O–H groups in total. The molecule has 2 aliphatic carbocycles. The molecule has 2 bridgehead atoms. The second-order valence-corrected chi connectivity index (χ2v) is 10.7. The molecule has 2 aliphatic heterocycles. The Bertz CT molecular complexity index is 1400. The van der Waals surface area contributed by atoms with E-state index in [9.17, 15) is 10.1 Å². The molecule has 36 heavy (non-hydrogen) atoms. The van der Waals surface area contributed by atoms with Crippen molar-refractivity contribution in [2.24, 2.45) is 0 Å². The van der Waals surface area contributed by atoms with Crippen LogP contribution in [-0.2, 0) is 10.2 Å². The van der Waals surface area contributed by atoms with Crippen LogP contribution in [0.25, 0.3) is 16.7 Å².